The number of hydrogen-bond acceptors (Lipinski definition) is 2. The summed E-state index contributed by atoms with van der Waals surface area (Å²) in [6.45, 7) is 14.3. The van der Waals surface area contributed by atoms with Gasteiger partial charge in [-0.1, -0.05) is 33.8 Å². The molecule has 0 bridgehead atoms. The number of aryl methyl sites for hydroxylation is 1. The molecule has 0 radical (unpaired) electrons. The Labute approximate surface area is 149 Å². The first-order valence-electron chi connectivity index (χ1n) is 9.43. The zero-order valence-corrected chi connectivity index (χ0v) is 17.5. The molecule has 0 heterocycles. The second kappa shape index (κ2) is 5.88. The van der Waals surface area contributed by atoms with Crippen molar-refractivity contribution in [3.8, 4) is 5.75 Å². The minimum Gasteiger partial charge on any atom is -0.497 e. The van der Waals surface area contributed by atoms with Gasteiger partial charge in [0.05, 0.1) is 13.2 Å². The number of hydrogen-bond donors (Lipinski definition) is 0. The summed E-state index contributed by atoms with van der Waals surface area (Å²) in [5, 5.41) is 0.279. The predicted octanol–water partition coefficient (Wildman–Crippen LogP) is 5.92. The highest BCUT2D eigenvalue weighted by Gasteiger charge is 2.52. The quantitative estimate of drug-likeness (QED) is 0.633. The van der Waals surface area contributed by atoms with Crippen LogP contribution in [0.1, 0.15) is 64.0 Å². The Morgan fingerprint density at radius 3 is 2.50 bits per heavy atom. The van der Waals surface area contributed by atoms with Crippen LogP contribution in [-0.2, 0) is 10.8 Å². The molecule has 24 heavy (non-hydrogen) atoms. The summed E-state index contributed by atoms with van der Waals surface area (Å²) in [6.07, 6.45) is 5.26. The van der Waals surface area contributed by atoms with Crippen LogP contribution in [-0.4, -0.2) is 21.5 Å². The summed E-state index contributed by atoms with van der Waals surface area (Å²) in [5.41, 5.74) is 3.33. The van der Waals surface area contributed by atoms with Gasteiger partial charge in [0, 0.05) is 0 Å². The molecule has 3 heteroatoms. The first kappa shape index (κ1) is 18.0. The summed E-state index contributed by atoms with van der Waals surface area (Å²) < 4.78 is 12.3. The fourth-order valence-corrected chi connectivity index (χ4v) is 5.90. The average molecular weight is 347 g/mol. The van der Waals surface area contributed by atoms with Gasteiger partial charge in [-0.05, 0) is 78.4 Å². The molecule has 0 amide bonds. The molecule has 0 saturated heterocycles. The lowest BCUT2D eigenvalue weighted by Gasteiger charge is -2.46. The van der Waals surface area contributed by atoms with E-state index in [1.54, 1.807) is 12.7 Å². The molecule has 2 aliphatic carbocycles. The van der Waals surface area contributed by atoms with Crippen LogP contribution in [0, 0.1) is 5.41 Å². The Kier molecular flexibility index (Phi) is 4.41. The number of methoxy groups -OCH3 is 1. The van der Waals surface area contributed by atoms with Gasteiger partial charge >= 0.3 is 0 Å². The lowest BCUT2D eigenvalue weighted by atomic mass is 9.66. The molecule has 2 nitrogen and oxygen atoms in total. The first-order chi connectivity index (χ1) is 11.1. The third-order valence-corrected chi connectivity index (χ3v) is 11.6. The van der Waals surface area contributed by atoms with Crippen molar-refractivity contribution >= 4 is 8.32 Å². The van der Waals surface area contributed by atoms with Gasteiger partial charge in [-0.3, -0.25) is 0 Å². The van der Waals surface area contributed by atoms with Gasteiger partial charge in [0.2, 0.25) is 0 Å². The van der Waals surface area contributed by atoms with Crippen LogP contribution < -0.4 is 4.74 Å². The minimum atomic E-state index is -1.72. The molecule has 134 valence electrons. The van der Waals surface area contributed by atoms with E-state index in [4.69, 9.17) is 9.16 Å². The van der Waals surface area contributed by atoms with E-state index in [2.05, 4.69) is 59.0 Å². The van der Waals surface area contributed by atoms with E-state index in [-0.39, 0.29) is 10.5 Å². The fourth-order valence-electron chi connectivity index (χ4n) is 4.44. The van der Waals surface area contributed by atoms with E-state index < -0.39 is 8.32 Å². The van der Waals surface area contributed by atoms with Gasteiger partial charge in [0.1, 0.15) is 5.75 Å². The molecule has 0 unspecified atom stereocenters. The number of ether oxygens (including phenoxy) is 1. The standard InChI is InChI=1S/C21H34O2Si/c1-20(2,3)24(6,7)23-19-11-10-18-17-9-8-16(22-5)14-15(17)12-13-21(18,19)4/h8-9,14,18-19H,10-13H2,1-7H3/t18-,19+,21-/m0/s1. The number of fused-ring (bicyclic) bond motifs is 3. The summed E-state index contributed by atoms with van der Waals surface area (Å²) in [5.74, 6) is 1.63. The fraction of sp³-hybridized carbons (Fsp3) is 0.714. The van der Waals surface area contributed by atoms with Crippen molar-refractivity contribution in [1.29, 1.82) is 0 Å². The summed E-state index contributed by atoms with van der Waals surface area (Å²) >= 11 is 0. The average Bonchev–Trinajstić information content (AvgIpc) is 2.82. The molecular weight excluding hydrogens is 312 g/mol. The van der Waals surface area contributed by atoms with Crippen LogP contribution in [0.15, 0.2) is 18.2 Å². The maximum atomic E-state index is 6.91. The molecule has 1 saturated carbocycles. The highest BCUT2D eigenvalue weighted by molar-refractivity contribution is 6.74. The molecular formula is C21H34O2Si. The van der Waals surface area contributed by atoms with E-state index in [1.807, 2.05) is 0 Å². The Morgan fingerprint density at radius 1 is 1.17 bits per heavy atom. The number of rotatable bonds is 3. The van der Waals surface area contributed by atoms with Gasteiger partial charge in [-0.25, -0.2) is 0 Å². The van der Waals surface area contributed by atoms with Crippen molar-refractivity contribution in [2.75, 3.05) is 7.11 Å². The van der Waals surface area contributed by atoms with Crippen molar-refractivity contribution in [2.45, 2.75) is 83.5 Å². The van der Waals surface area contributed by atoms with Gasteiger partial charge in [0.25, 0.3) is 0 Å². The van der Waals surface area contributed by atoms with Crippen molar-refractivity contribution in [2.24, 2.45) is 5.41 Å². The van der Waals surface area contributed by atoms with Gasteiger partial charge < -0.3 is 9.16 Å². The third-order valence-electron chi connectivity index (χ3n) is 7.15. The Balaban J connectivity index is 1.87. The highest BCUT2D eigenvalue weighted by Crippen LogP contribution is 2.58. The monoisotopic (exact) mass is 346 g/mol. The second-order valence-corrected chi connectivity index (χ2v) is 14.3. The Morgan fingerprint density at radius 2 is 1.88 bits per heavy atom. The van der Waals surface area contributed by atoms with Gasteiger partial charge in [-0.2, -0.15) is 0 Å². The zero-order valence-electron chi connectivity index (χ0n) is 16.5. The maximum Gasteiger partial charge on any atom is 0.192 e. The maximum absolute atomic E-state index is 6.91. The Bertz CT molecular complexity index is 617. The molecule has 1 aromatic rings. The van der Waals surface area contributed by atoms with E-state index in [0.717, 1.165) is 12.2 Å². The molecule has 0 N–H and O–H groups in total. The van der Waals surface area contributed by atoms with Crippen LogP contribution in [0.3, 0.4) is 0 Å². The number of benzene rings is 1. The largest absolute Gasteiger partial charge is 0.497 e. The zero-order chi connectivity index (χ0) is 17.8. The van der Waals surface area contributed by atoms with Gasteiger partial charge in [-0.15, -0.1) is 0 Å². The normalized spacial score (nSPS) is 30.0. The minimum absolute atomic E-state index is 0.279. The topological polar surface area (TPSA) is 18.5 Å². The van der Waals surface area contributed by atoms with Crippen molar-refractivity contribution in [3.05, 3.63) is 29.3 Å². The van der Waals surface area contributed by atoms with Crippen LogP contribution in [0.5, 0.6) is 5.75 Å². The second-order valence-electron chi connectivity index (χ2n) is 9.57. The summed E-state index contributed by atoms with van der Waals surface area (Å²) in [7, 11) is 0.0377. The molecule has 1 aromatic carbocycles. The van der Waals surface area contributed by atoms with Crippen LogP contribution in [0.2, 0.25) is 18.1 Å². The third kappa shape index (κ3) is 2.84. The van der Waals surface area contributed by atoms with E-state index in [0.29, 0.717) is 12.0 Å². The molecule has 3 atom stereocenters. The van der Waals surface area contributed by atoms with E-state index in [9.17, 15) is 0 Å². The van der Waals surface area contributed by atoms with E-state index in [1.165, 1.54) is 24.8 Å². The van der Waals surface area contributed by atoms with Crippen LogP contribution in [0.4, 0.5) is 0 Å². The SMILES string of the molecule is COc1ccc2c(c1)CC[C@]1(C)[C@H](O[Si](C)(C)C(C)(C)C)CC[C@@H]21. The first-order valence-corrected chi connectivity index (χ1v) is 12.3. The highest BCUT2D eigenvalue weighted by atomic mass is 28.4. The van der Waals surface area contributed by atoms with Crippen molar-refractivity contribution < 1.29 is 9.16 Å². The van der Waals surface area contributed by atoms with Crippen LogP contribution in [0.25, 0.3) is 0 Å². The molecule has 0 spiro atoms. The lowest BCUT2D eigenvalue weighted by Crippen LogP contribution is -2.48. The summed E-state index contributed by atoms with van der Waals surface area (Å²) in [6, 6.07) is 6.69. The smallest absolute Gasteiger partial charge is 0.192 e. The van der Waals surface area contributed by atoms with Crippen molar-refractivity contribution in [1.82, 2.24) is 0 Å². The lowest BCUT2D eigenvalue weighted by molar-refractivity contribution is 0.0546. The molecule has 0 aromatic heterocycles. The van der Waals surface area contributed by atoms with Gasteiger partial charge in [0.15, 0.2) is 8.32 Å². The van der Waals surface area contributed by atoms with Crippen LogP contribution >= 0.6 is 0 Å². The molecule has 0 aliphatic heterocycles. The molecule has 2 aliphatic rings. The molecule has 1 fully saturated rings. The van der Waals surface area contributed by atoms with Crippen molar-refractivity contribution in [3.63, 3.8) is 0 Å². The Hall–Kier alpha value is -0.803. The molecule has 3 rings (SSSR count). The predicted molar refractivity (Wildman–Crippen MR) is 103 cm³/mol. The van der Waals surface area contributed by atoms with E-state index >= 15 is 0 Å². The summed E-state index contributed by atoms with van der Waals surface area (Å²) in [4.78, 5) is 0.